The SMILES string of the molecule is CC[C@H](CNc1oc(-c2ccccc2)nc1C#N)c1ccccc1. The summed E-state index contributed by atoms with van der Waals surface area (Å²) in [5.74, 6) is 1.25. The number of aromatic nitrogens is 1. The average molecular weight is 317 g/mol. The van der Waals surface area contributed by atoms with Crippen molar-refractivity contribution in [3.63, 3.8) is 0 Å². The summed E-state index contributed by atoms with van der Waals surface area (Å²) < 4.78 is 5.78. The van der Waals surface area contributed by atoms with E-state index in [4.69, 9.17) is 4.42 Å². The molecule has 0 aliphatic heterocycles. The number of anilines is 1. The molecule has 1 heterocycles. The largest absolute Gasteiger partial charge is 0.419 e. The van der Waals surface area contributed by atoms with E-state index in [0.717, 1.165) is 12.0 Å². The van der Waals surface area contributed by atoms with E-state index >= 15 is 0 Å². The van der Waals surface area contributed by atoms with Gasteiger partial charge in [-0.3, -0.25) is 0 Å². The molecule has 2 aromatic carbocycles. The molecule has 120 valence electrons. The minimum atomic E-state index is 0.289. The van der Waals surface area contributed by atoms with Gasteiger partial charge in [-0.25, -0.2) is 0 Å². The van der Waals surface area contributed by atoms with E-state index in [9.17, 15) is 5.26 Å². The summed E-state index contributed by atoms with van der Waals surface area (Å²) in [7, 11) is 0. The van der Waals surface area contributed by atoms with Gasteiger partial charge in [-0.15, -0.1) is 0 Å². The fourth-order valence-corrected chi connectivity index (χ4v) is 2.66. The van der Waals surface area contributed by atoms with Gasteiger partial charge in [-0.05, 0) is 24.1 Å². The van der Waals surface area contributed by atoms with Crippen LogP contribution in [-0.2, 0) is 0 Å². The molecule has 3 rings (SSSR count). The van der Waals surface area contributed by atoms with Crippen molar-refractivity contribution >= 4 is 5.88 Å². The van der Waals surface area contributed by atoms with Gasteiger partial charge >= 0.3 is 0 Å². The summed E-state index contributed by atoms with van der Waals surface area (Å²) in [5.41, 5.74) is 2.42. The monoisotopic (exact) mass is 317 g/mol. The van der Waals surface area contributed by atoms with Gasteiger partial charge < -0.3 is 9.73 Å². The Kier molecular flexibility index (Phi) is 4.93. The summed E-state index contributed by atoms with van der Waals surface area (Å²) in [6, 6.07) is 22.0. The predicted molar refractivity (Wildman–Crippen MR) is 94.6 cm³/mol. The van der Waals surface area contributed by atoms with Crippen LogP contribution in [0.15, 0.2) is 65.1 Å². The number of nitrogens with one attached hydrogen (secondary N) is 1. The lowest BCUT2D eigenvalue weighted by molar-refractivity contribution is 0.577. The molecule has 0 amide bonds. The van der Waals surface area contributed by atoms with Crippen LogP contribution < -0.4 is 5.32 Å². The zero-order valence-corrected chi connectivity index (χ0v) is 13.6. The Morgan fingerprint density at radius 2 is 1.75 bits per heavy atom. The van der Waals surface area contributed by atoms with Crippen molar-refractivity contribution in [3.05, 3.63) is 71.9 Å². The second-order valence-corrected chi connectivity index (χ2v) is 5.57. The first-order valence-corrected chi connectivity index (χ1v) is 8.07. The van der Waals surface area contributed by atoms with Gasteiger partial charge in [0.1, 0.15) is 6.07 Å². The second-order valence-electron chi connectivity index (χ2n) is 5.57. The Bertz CT molecular complexity index is 819. The van der Waals surface area contributed by atoms with Gasteiger partial charge in [0, 0.05) is 18.0 Å². The van der Waals surface area contributed by atoms with E-state index in [1.54, 1.807) is 0 Å². The molecule has 24 heavy (non-hydrogen) atoms. The Balaban J connectivity index is 1.78. The van der Waals surface area contributed by atoms with E-state index in [0.29, 0.717) is 24.2 Å². The summed E-state index contributed by atoms with van der Waals surface area (Å²) in [6.07, 6.45) is 0.999. The number of benzene rings is 2. The molecule has 4 heteroatoms. The van der Waals surface area contributed by atoms with E-state index in [1.807, 2.05) is 48.5 Å². The van der Waals surface area contributed by atoms with Gasteiger partial charge in [-0.1, -0.05) is 55.5 Å². The van der Waals surface area contributed by atoms with Gasteiger partial charge in [0.25, 0.3) is 0 Å². The zero-order valence-electron chi connectivity index (χ0n) is 13.6. The van der Waals surface area contributed by atoms with Crippen molar-refractivity contribution in [2.24, 2.45) is 0 Å². The van der Waals surface area contributed by atoms with Gasteiger partial charge in [0.2, 0.25) is 17.5 Å². The van der Waals surface area contributed by atoms with Crippen LogP contribution in [0.4, 0.5) is 5.88 Å². The number of nitriles is 1. The summed E-state index contributed by atoms with van der Waals surface area (Å²) in [5, 5.41) is 12.6. The number of hydrogen-bond donors (Lipinski definition) is 1. The van der Waals surface area contributed by atoms with Crippen LogP contribution in [0.2, 0.25) is 0 Å². The van der Waals surface area contributed by atoms with Crippen LogP contribution in [0.3, 0.4) is 0 Å². The van der Waals surface area contributed by atoms with Gasteiger partial charge in [-0.2, -0.15) is 10.2 Å². The van der Waals surface area contributed by atoms with Crippen molar-refractivity contribution in [2.75, 3.05) is 11.9 Å². The van der Waals surface area contributed by atoms with Crippen molar-refractivity contribution in [1.82, 2.24) is 4.98 Å². The fraction of sp³-hybridized carbons (Fsp3) is 0.200. The van der Waals surface area contributed by atoms with E-state index in [-0.39, 0.29) is 5.69 Å². The highest BCUT2D eigenvalue weighted by Gasteiger charge is 2.16. The molecule has 1 aromatic heterocycles. The van der Waals surface area contributed by atoms with Gasteiger partial charge in [0.05, 0.1) is 0 Å². The number of hydrogen-bond acceptors (Lipinski definition) is 4. The summed E-state index contributed by atoms with van der Waals surface area (Å²) in [4.78, 5) is 4.29. The van der Waals surface area contributed by atoms with Crippen LogP contribution in [0, 0.1) is 11.3 Å². The summed E-state index contributed by atoms with van der Waals surface area (Å²) >= 11 is 0. The molecule has 1 atom stereocenters. The second kappa shape index (κ2) is 7.47. The summed E-state index contributed by atoms with van der Waals surface area (Å²) in [6.45, 7) is 2.85. The molecular weight excluding hydrogens is 298 g/mol. The topological polar surface area (TPSA) is 61.9 Å². The van der Waals surface area contributed by atoms with Crippen LogP contribution in [0.5, 0.6) is 0 Å². The molecule has 0 radical (unpaired) electrons. The van der Waals surface area contributed by atoms with Crippen LogP contribution >= 0.6 is 0 Å². The zero-order chi connectivity index (χ0) is 16.8. The first kappa shape index (κ1) is 15.8. The maximum Gasteiger partial charge on any atom is 0.232 e. The first-order valence-electron chi connectivity index (χ1n) is 8.07. The van der Waals surface area contributed by atoms with E-state index in [2.05, 4.69) is 35.4 Å². The molecule has 0 saturated carbocycles. The fourth-order valence-electron chi connectivity index (χ4n) is 2.66. The predicted octanol–water partition coefficient (Wildman–Crippen LogP) is 4.82. The Morgan fingerprint density at radius 1 is 1.08 bits per heavy atom. The van der Waals surface area contributed by atoms with Crippen molar-refractivity contribution in [1.29, 1.82) is 5.26 Å². The lowest BCUT2D eigenvalue weighted by atomic mass is 9.96. The van der Waals surface area contributed by atoms with E-state index in [1.165, 1.54) is 5.56 Å². The molecule has 0 fully saturated rings. The minimum Gasteiger partial charge on any atom is -0.419 e. The van der Waals surface area contributed by atoms with Crippen molar-refractivity contribution < 1.29 is 4.42 Å². The third-order valence-electron chi connectivity index (χ3n) is 4.03. The molecule has 3 aromatic rings. The molecule has 4 nitrogen and oxygen atoms in total. The van der Waals surface area contributed by atoms with Crippen LogP contribution in [0.25, 0.3) is 11.5 Å². The molecule has 0 unspecified atom stereocenters. The van der Waals surface area contributed by atoms with E-state index < -0.39 is 0 Å². The van der Waals surface area contributed by atoms with Gasteiger partial charge in [0.15, 0.2) is 0 Å². The molecule has 1 N–H and O–H groups in total. The normalized spacial score (nSPS) is 11.7. The first-order chi connectivity index (χ1) is 11.8. The molecule has 0 saturated heterocycles. The molecule has 0 aliphatic rings. The Morgan fingerprint density at radius 3 is 2.38 bits per heavy atom. The quantitative estimate of drug-likeness (QED) is 0.708. The molecule has 0 spiro atoms. The number of nitrogens with zero attached hydrogens (tertiary/aromatic N) is 2. The van der Waals surface area contributed by atoms with Crippen LogP contribution in [-0.4, -0.2) is 11.5 Å². The number of rotatable bonds is 6. The molecule has 0 bridgehead atoms. The minimum absolute atomic E-state index is 0.289. The van der Waals surface area contributed by atoms with Crippen LogP contribution in [0.1, 0.15) is 30.5 Å². The highest BCUT2D eigenvalue weighted by Crippen LogP contribution is 2.26. The lowest BCUT2D eigenvalue weighted by Gasteiger charge is -2.15. The number of oxazole rings is 1. The third kappa shape index (κ3) is 3.47. The molecular formula is C20H19N3O. The standard InChI is InChI=1S/C20H19N3O/c1-2-15(16-9-5-3-6-10-16)14-22-20-18(13-21)23-19(24-20)17-11-7-4-8-12-17/h3-12,15,22H,2,14H2,1H3/t15-/m1/s1. The lowest BCUT2D eigenvalue weighted by Crippen LogP contribution is -2.12. The smallest absolute Gasteiger partial charge is 0.232 e. The average Bonchev–Trinajstić information content (AvgIpc) is 3.07. The molecule has 0 aliphatic carbocycles. The van der Waals surface area contributed by atoms with Crippen molar-refractivity contribution in [3.8, 4) is 17.5 Å². The highest BCUT2D eigenvalue weighted by atomic mass is 16.4. The maximum absolute atomic E-state index is 9.31. The highest BCUT2D eigenvalue weighted by molar-refractivity contribution is 5.58. The third-order valence-corrected chi connectivity index (χ3v) is 4.03. The maximum atomic E-state index is 9.31. The van der Waals surface area contributed by atoms with Crippen molar-refractivity contribution in [2.45, 2.75) is 19.3 Å². The Labute approximate surface area is 141 Å². The Hall–Kier alpha value is -3.06.